The van der Waals surface area contributed by atoms with E-state index in [1.807, 2.05) is 5.32 Å². The van der Waals surface area contributed by atoms with E-state index in [1.165, 1.54) is 0 Å². The van der Waals surface area contributed by atoms with E-state index in [4.69, 9.17) is 5.11 Å². The van der Waals surface area contributed by atoms with Crippen molar-refractivity contribution in [1.82, 2.24) is 4.90 Å². The highest BCUT2D eigenvalue weighted by Gasteiger charge is 2.31. The fourth-order valence-corrected chi connectivity index (χ4v) is 1.35. The molecule has 0 unspecified atom stereocenters. The Kier molecular flexibility index (Phi) is 4.53. The highest BCUT2D eigenvalue weighted by Crippen LogP contribution is 2.19. The average molecular weight is 294 g/mol. The largest absolute Gasteiger partial charge is 0.478 e. The molecule has 1 rings (SSSR count). The van der Waals surface area contributed by atoms with Crippen LogP contribution in [0.25, 0.3) is 0 Å². The van der Waals surface area contributed by atoms with Gasteiger partial charge in [-0.3, -0.25) is 0 Å². The molecule has 20 heavy (non-hydrogen) atoms. The number of nitrogens with one attached hydrogen (secondary N) is 1. The van der Waals surface area contributed by atoms with Gasteiger partial charge < -0.3 is 15.3 Å². The van der Waals surface area contributed by atoms with Crippen LogP contribution in [0.2, 0.25) is 0 Å². The van der Waals surface area contributed by atoms with Gasteiger partial charge in [-0.15, -0.1) is 0 Å². The van der Waals surface area contributed by atoms with Crippen LogP contribution in [-0.4, -0.2) is 41.8 Å². The third kappa shape index (κ3) is 4.41. The summed E-state index contributed by atoms with van der Waals surface area (Å²) in [6.45, 7) is -1.50. The molecule has 5 nitrogen and oxygen atoms in total. The van der Waals surface area contributed by atoms with Crippen LogP contribution < -0.4 is 5.32 Å². The summed E-state index contributed by atoms with van der Waals surface area (Å²) in [7, 11) is 0.896. The summed E-state index contributed by atoms with van der Waals surface area (Å²) in [6, 6.07) is 1.34. The Morgan fingerprint density at radius 1 is 1.35 bits per heavy atom. The van der Waals surface area contributed by atoms with E-state index in [9.17, 15) is 27.2 Å². The molecule has 0 aliphatic heterocycles. The van der Waals surface area contributed by atoms with E-state index in [2.05, 4.69) is 0 Å². The van der Waals surface area contributed by atoms with Crippen molar-refractivity contribution in [1.29, 1.82) is 0 Å². The van der Waals surface area contributed by atoms with E-state index >= 15 is 0 Å². The molecule has 1 aromatic rings. The van der Waals surface area contributed by atoms with Crippen molar-refractivity contribution in [3.8, 4) is 0 Å². The highest BCUT2D eigenvalue weighted by molar-refractivity contribution is 5.99. The molecular weight excluding hydrogens is 284 g/mol. The highest BCUT2D eigenvalue weighted by atomic mass is 19.4. The second kappa shape index (κ2) is 5.76. The van der Waals surface area contributed by atoms with Crippen molar-refractivity contribution in [2.75, 3.05) is 18.9 Å². The number of halogens is 4. The van der Waals surface area contributed by atoms with Crippen molar-refractivity contribution in [3.63, 3.8) is 0 Å². The van der Waals surface area contributed by atoms with Gasteiger partial charge in [-0.05, 0) is 18.2 Å². The van der Waals surface area contributed by atoms with Gasteiger partial charge in [0.05, 0.1) is 11.3 Å². The van der Waals surface area contributed by atoms with Gasteiger partial charge in [0.15, 0.2) is 0 Å². The van der Waals surface area contributed by atoms with Crippen LogP contribution in [0.1, 0.15) is 10.4 Å². The van der Waals surface area contributed by atoms with Gasteiger partial charge in [0.25, 0.3) is 0 Å². The zero-order valence-electron chi connectivity index (χ0n) is 10.2. The van der Waals surface area contributed by atoms with Crippen molar-refractivity contribution in [2.24, 2.45) is 0 Å². The van der Waals surface area contributed by atoms with Crippen LogP contribution in [0.3, 0.4) is 0 Å². The molecule has 0 spiro atoms. The van der Waals surface area contributed by atoms with Gasteiger partial charge in [-0.1, -0.05) is 0 Å². The molecule has 0 atom stereocenters. The maximum absolute atomic E-state index is 12.9. The summed E-state index contributed by atoms with van der Waals surface area (Å²) in [5.41, 5.74) is -0.850. The van der Waals surface area contributed by atoms with Crippen molar-refractivity contribution in [3.05, 3.63) is 29.6 Å². The number of hydrogen-bond donors (Lipinski definition) is 2. The van der Waals surface area contributed by atoms with Gasteiger partial charge in [0, 0.05) is 7.05 Å². The lowest BCUT2D eigenvalue weighted by Crippen LogP contribution is -2.38. The van der Waals surface area contributed by atoms with Crippen LogP contribution in [0.15, 0.2) is 18.2 Å². The molecule has 0 aliphatic rings. The van der Waals surface area contributed by atoms with Gasteiger partial charge in [0.1, 0.15) is 12.4 Å². The number of benzene rings is 1. The van der Waals surface area contributed by atoms with Crippen LogP contribution in [-0.2, 0) is 0 Å². The zero-order chi connectivity index (χ0) is 15.5. The number of urea groups is 1. The second-order valence-electron chi connectivity index (χ2n) is 3.90. The summed E-state index contributed by atoms with van der Waals surface area (Å²) in [5, 5.41) is 10.8. The Labute approximate surface area is 110 Å². The number of carbonyl (C=O) groups is 2. The van der Waals surface area contributed by atoms with Gasteiger partial charge >= 0.3 is 18.2 Å². The van der Waals surface area contributed by atoms with Crippen molar-refractivity contribution >= 4 is 17.7 Å². The van der Waals surface area contributed by atoms with Crippen LogP contribution in [0.5, 0.6) is 0 Å². The van der Waals surface area contributed by atoms with Crippen molar-refractivity contribution in [2.45, 2.75) is 6.18 Å². The number of carboxylic acids is 1. The molecule has 2 N–H and O–H groups in total. The van der Waals surface area contributed by atoms with E-state index in [0.717, 1.165) is 19.2 Å². The standard InChI is InChI=1S/C11H10F4N2O3/c1-17(5-11(13,14)15)10(20)16-8-3-2-6(12)4-7(8)9(18)19/h2-4H,5H2,1H3,(H,16,20)(H,18,19). The number of rotatable bonds is 3. The minimum atomic E-state index is -4.58. The third-order valence-corrected chi connectivity index (χ3v) is 2.22. The monoisotopic (exact) mass is 294 g/mol. The van der Waals surface area contributed by atoms with E-state index in [-0.39, 0.29) is 5.69 Å². The Morgan fingerprint density at radius 2 is 1.95 bits per heavy atom. The average Bonchev–Trinajstić information content (AvgIpc) is 2.28. The Bertz CT molecular complexity index is 531. The van der Waals surface area contributed by atoms with Crippen LogP contribution in [0.4, 0.5) is 28.0 Å². The molecule has 9 heteroatoms. The number of anilines is 1. The van der Waals surface area contributed by atoms with Gasteiger partial charge in [0.2, 0.25) is 0 Å². The van der Waals surface area contributed by atoms with Gasteiger partial charge in [-0.25, -0.2) is 14.0 Å². The van der Waals surface area contributed by atoms with E-state index < -0.39 is 36.1 Å². The number of nitrogens with zero attached hydrogens (tertiary/aromatic N) is 1. The molecule has 0 saturated carbocycles. The van der Waals surface area contributed by atoms with Crippen LogP contribution >= 0.6 is 0 Å². The first-order valence-corrected chi connectivity index (χ1v) is 5.22. The van der Waals surface area contributed by atoms with Gasteiger partial charge in [-0.2, -0.15) is 13.2 Å². The first kappa shape index (κ1) is 15.7. The molecule has 0 aliphatic carbocycles. The Hall–Kier alpha value is -2.32. The SMILES string of the molecule is CN(CC(F)(F)F)C(=O)Nc1ccc(F)cc1C(=O)O. The topological polar surface area (TPSA) is 69.6 Å². The summed E-state index contributed by atoms with van der Waals surface area (Å²) >= 11 is 0. The molecule has 1 aromatic carbocycles. The fraction of sp³-hybridized carbons (Fsp3) is 0.273. The molecule has 0 bridgehead atoms. The lowest BCUT2D eigenvalue weighted by atomic mass is 10.1. The molecule has 0 saturated heterocycles. The van der Waals surface area contributed by atoms with Crippen LogP contribution in [0, 0.1) is 5.82 Å². The number of alkyl halides is 3. The lowest BCUT2D eigenvalue weighted by Gasteiger charge is -2.20. The lowest BCUT2D eigenvalue weighted by molar-refractivity contribution is -0.137. The number of amides is 2. The number of hydrogen-bond acceptors (Lipinski definition) is 2. The minimum absolute atomic E-state index is 0.294. The summed E-state index contributed by atoms with van der Waals surface area (Å²) in [4.78, 5) is 22.6. The predicted octanol–water partition coefficient (Wildman–Crippen LogP) is 2.55. The molecule has 0 fully saturated rings. The van der Waals surface area contributed by atoms with E-state index in [1.54, 1.807) is 0 Å². The maximum Gasteiger partial charge on any atom is 0.406 e. The zero-order valence-corrected chi connectivity index (χ0v) is 10.2. The summed E-state index contributed by atoms with van der Waals surface area (Å²) in [6.07, 6.45) is -4.58. The maximum atomic E-state index is 12.9. The summed E-state index contributed by atoms with van der Waals surface area (Å²) in [5.74, 6) is -2.36. The number of carbonyl (C=O) groups excluding carboxylic acids is 1. The Balaban J connectivity index is 2.88. The molecule has 2 amide bonds. The predicted molar refractivity (Wildman–Crippen MR) is 61.1 cm³/mol. The fourth-order valence-electron chi connectivity index (χ4n) is 1.35. The minimum Gasteiger partial charge on any atom is -0.478 e. The number of aromatic carboxylic acids is 1. The van der Waals surface area contributed by atoms with E-state index in [0.29, 0.717) is 11.0 Å². The third-order valence-electron chi connectivity index (χ3n) is 2.22. The molecule has 0 heterocycles. The first-order valence-electron chi connectivity index (χ1n) is 5.22. The Morgan fingerprint density at radius 3 is 2.45 bits per heavy atom. The first-order chi connectivity index (χ1) is 9.10. The molecule has 0 radical (unpaired) electrons. The summed E-state index contributed by atoms with van der Waals surface area (Å²) < 4.78 is 49.2. The quantitative estimate of drug-likeness (QED) is 0.842. The normalized spacial score (nSPS) is 11.1. The second-order valence-corrected chi connectivity index (χ2v) is 3.90. The van der Waals surface area contributed by atoms with Crippen molar-refractivity contribution < 1.29 is 32.3 Å². The molecule has 110 valence electrons. The molecule has 0 aromatic heterocycles. The number of carboxylic acid groups (broad SMARTS) is 1. The molecular formula is C11H10F4N2O3. The smallest absolute Gasteiger partial charge is 0.406 e.